The summed E-state index contributed by atoms with van der Waals surface area (Å²) < 4.78 is 22.4. The number of aryl methyl sites for hydroxylation is 2. The molecule has 0 unspecified atom stereocenters. The summed E-state index contributed by atoms with van der Waals surface area (Å²) in [5.41, 5.74) is 2.68. The van der Waals surface area contributed by atoms with Crippen LogP contribution in [0.15, 0.2) is 51.5 Å². The van der Waals surface area contributed by atoms with Crippen LogP contribution in [0.5, 0.6) is 0 Å². The van der Waals surface area contributed by atoms with Crippen molar-refractivity contribution in [1.29, 1.82) is 0 Å². The molecule has 9 heteroatoms. The number of nitrogens with zero attached hydrogens (tertiary/aromatic N) is 4. The van der Waals surface area contributed by atoms with Gasteiger partial charge in [-0.3, -0.25) is 14.0 Å². The van der Waals surface area contributed by atoms with Gasteiger partial charge in [-0.1, -0.05) is 23.5 Å². The molecular weight excluding hydrogens is 419 g/mol. The molecule has 0 fully saturated rings. The van der Waals surface area contributed by atoms with Crippen LogP contribution in [0.25, 0.3) is 6.08 Å². The largest absolute Gasteiger partial charge is 0.463 e. The average molecular weight is 441 g/mol. The minimum Gasteiger partial charge on any atom is -0.463 e. The number of hydrogen-bond donors (Lipinski definition) is 0. The third kappa shape index (κ3) is 3.76. The summed E-state index contributed by atoms with van der Waals surface area (Å²) in [4.78, 5) is 31.2. The molecule has 0 spiro atoms. The maximum Gasteiger partial charge on any atom is 0.338 e. The molecule has 0 aliphatic carbocycles. The van der Waals surface area contributed by atoms with Gasteiger partial charge in [0.25, 0.3) is 5.56 Å². The third-order valence-electron chi connectivity index (χ3n) is 5.04. The second-order valence-corrected chi connectivity index (χ2v) is 8.21. The van der Waals surface area contributed by atoms with Crippen molar-refractivity contribution >= 4 is 23.4 Å². The number of ether oxygens (including phenoxy) is 1. The molecule has 0 radical (unpaired) electrons. The number of aromatic nitrogens is 3. The van der Waals surface area contributed by atoms with Crippen molar-refractivity contribution in [3.05, 3.63) is 84.1 Å². The van der Waals surface area contributed by atoms with Crippen LogP contribution in [0, 0.1) is 12.7 Å². The summed E-state index contributed by atoms with van der Waals surface area (Å²) in [5.74, 6) is -0.947. The summed E-state index contributed by atoms with van der Waals surface area (Å²) >= 11 is 1.24. The highest BCUT2D eigenvalue weighted by molar-refractivity contribution is 7.07. The summed E-state index contributed by atoms with van der Waals surface area (Å²) in [7, 11) is 1.81. The monoisotopic (exact) mass is 440 g/mol. The average Bonchev–Trinajstić information content (AvgIpc) is 3.19. The van der Waals surface area contributed by atoms with Crippen LogP contribution >= 0.6 is 11.3 Å². The predicted octanol–water partition coefficient (Wildman–Crippen LogP) is 1.98. The number of fused-ring (bicyclic) bond motifs is 1. The van der Waals surface area contributed by atoms with Gasteiger partial charge in [0, 0.05) is 18.8 Å². The van der Waals surface area contributed by atoms with E-state index < -0.39 is 17.8 Å². The smallest absolute Gasteiger partial charge is 0.338 e. The SMILES string of the molecule is CCOC(=O)C1=C(C)N=c2s/c(=C/c3cn(C)nc3C)c(=O)n2[C@H]1c1ccc(F)cc1. The zero-order valence-corrected chi connectivity index (χ0v) is 18.4. The van der Waals surface area contributed by atoms with Gasteiger partial charge in [-0.25, -0.2) is 14.2 Å². The van der Waals surface area contributed by atoms with Crippen LogP contribution in [0.2, 0.25) is 0 Å². The maximum atomic E-state index is 13.6. The van der Waals surface area contributed by atoms with E-state index in [0.717, 1.165) is 11.3 Å². The standard InChI is InChI=1S/C22H21FN4O3S/c1-5-30-21(29)18-13(3)24-22-27(19(18)14-6-8-16(23)9-7-14)20(28)17(31-22)10-15-11-26(4)25-12(15)2/h6-11,19H,5H2,1-4H3/b17-10+/t19-/m0/s1. The zero-order valence-electron chi connectivity index (χ0n) is 17.5. The Bertz CT molecular complexity index is 1380. The molecule has 4 rings (SSSR count). The molecule has 0 saturated heterocycles. The molecule has 0 amide bonds. The minimum absolute atomic E-state index is 0.191. The third-order valence-corrected chi connectivity index (χ3v) is 6.02. The normalized spacial score (nSPS) is 16.3. The van der Waals surface area contributed by atoms with Crippen molar-refractivity contribution in [1.82, 2.24) is 14.3 Å². The summed E-state index contributed by atoms with van der Waals surface area (Å²) in [6, 6.07) is 5.00. The second-order valence-electron chi connectivity index (χ2n) is 7.20. The first-order valence-electron chi connectivity index (χ1n) is 9.75. The lowest BCUT2D eigenvalue weighted by Gasteiger charge is -2.24. The fourth-order valence-electron chi connectivity index (χ4n) is 3.65. The van der Waals surface area contributed by atoms with Gasteiger partial charge in [-0.15, -0.1) is 0 Å². The Morgan fingerprint density at radius 3 is 2.61 bits per heavy atom. The number of hydrogen-bond acceptors (Lipinski definition) is 6. The van der Waals surface area contributed by atoms with Crippen molar-refractivity contribution in [3.8, 4) is 0 Å². The highest BCUT2D eigenvalue weighted by Crippen LogP contribution is 2.30. The van der Waals surface area contributed by atoms with Gasteiger partial charge in [0.1, 0.15) is 5.82 Å². The van der Waals surface area contributed by atoms with Gasteiger partial charge in [0.15, 0.2) is 4.80 Å². The maximum absolute atomic E-state index is 13.6. The van der Waals surface area contributed by atoms with Gasteiger partial charge in [0.2, 0.25) is 0 Å². The molecule has 7 nitrogen and oxygen atoms in total. The molecule has 1 aliphatic heterocycles. The minimum atomic E-state index is -0.756. The molecule has 3 heterocycles. The molecule has 31 heavy (non-hydrogen) atoms. The van der Waals surface area contributed by atoms with E-state index >= 15 is 0 Å². The van der Waals surface area contributed by atoms with Gasteiger partial charge >= 0.3 is 5.97 Å². The molecule has 1 atom stereocenters. The van der Waals surface area contributed by atoms with Crippen LogP contribution in [0.3, 0.4) is 0 Å². The fraction of sp³-hybridized carbons (Fsp3) is 0.273. The Morgan fingerprint density at radius 2 is 2.00 bits per heavy atom. The van der Waals surface area contributed by atoms with E-state index in [4.69, 9.17) is 4.74 Å². The lowest BCUT2D eigenvalue weighted by Crippen LogP contribution is -2.39. The van der Waals surface area contributed by atoms with Crippen molar-refractivity contribution in [2.24, 2.45) is 12.0 Å². The Morgan fingerprint density at radius 1 is 1.29 bits per heavy atom. The van der Waals surface area contributed by atoms with Crippen LogP contribution in [0.4, 0.5) is 4.39 Å². The van der Waals surface area contributed by atoms with Crippen molar-refractivity contribution in [2.45, 2.75) is 26.8 Å². The van der Waals surface area contributed by atoms with Gasteiger partial charge in [0.05, 0.1) is 34.1 Å². The molecule has 1 aromatic carbocycles. The Kier molecular flexibility index (Phi) is 5.45. The zero-order chi connectivity index (χ0) is 22.3. The van der Waals surface area contributed by atoms with Crippen molar-refractivity contribution < 1.29 is 13.9 Å². The number of thiazole rings is 1. The molecule has 160 valence electrons. The first kappa shape index (κ1) is 20.9. The van der Waals surface area contributed by atoms with E-state index in [0.29, 0.717) is 20.6 Å². The molecule has 0 N–H and O–H groups in total. The summed E-state index contributed by atoms with van der Waals surface area (Å²) in [5, 5.41) is 4.31. The Balaban J connectivity index is 1.97. The predicted molar refractivity (Wildman–Crippen MR) is 115 cm³/mol. The lowest BCUT2D eigenvalue weighted by atomic mass is 9.96. The number of halogens is 1. The van der Waals surface area contributed by atoms with Gasteiger partial charge < -0.3 is 4.74 Å². The number of rotatable bonds is 4. The number of benzene rings is 1. The molecule has 0 saturated carbocycles. The molecule has 3 aromatic rings. The number of esters is 1. The van der Waals surface area contributed by atoms with Crippen LogP contribution in [-0.2, 0) is 16.6 Å². The van der Waals surface area contributed by atoms with E-state index in [9.17, 15) is 14.0 Å². The number of allylic oxidation sites excluding steroid dienone is 1. The van der Waals surface area contributed by atoms with E-state index in [2.05, 4.69) is 10.1 Å². The topological polar surface area (TPSA) is 78.5 Å². The quantitative estimate of drug-likeness (QED) is 0.582. The van der Waals surface area contributed by atoms with E-state index in [1.165, 1.54) is 28.0 Å². The van der Waals surface area contributed by atoms with Crippen LogP contribution < -0.4 is 14.9 Å². The number of carbonyl (C=O) groups is 1. The molecule has 2 aromatic heterocycles. The second kappa shape index (κ2) is 8.07. The first-order chi connectivity index (χ1) is 14.8. The molecule has 1 aliphatic rings. The van der Waals surface area contributed by atoms with Crippen molar-refractivity contribution in [2.75, 3.05) is 6.61 Å². The Hall–Kier alpha value is -3.33. The van der Waals surface area contributed by atoms with Crippen molar-refractivity contribution in [3.63, 3.8) is 0 Å². The van der Waals surface area contributed by atoms with Crippen LogP contribution in [0.1, 0.15) is 36.7 Å². The first-order valence-corrected chi connectivity index (χ1v) is 10.6. The highest BCUT2D eigenvalue weighted by Gasteiger charge is 2.33. The van der Waals surface area contributed by atoms with E-state index in [-0.39, 0.29) is 17.7 Å². The lowest BCUT2D eigenvalue weighted by molar-refractivity contribution is -0.139. The number of carbonyl (C=O) groups excluding carboxylic acids is 1. The fourth-order valence-corrected chi connectivity index (χ4v) is 4.69. The van der Waals surface area contributed by atoms with E-state index in [1.807, 2.05) is 20.2 Å². The summed E-state index contributed by atoms with van der Waals surface area (Å²) in [6.45, 7) is 5.49. The van der Waals surface area contributed by atoms with Gasteiger partial charge in [-0.2, -0.15) is 5.10 Å². The summed E-state index contributed by atoms with van der Waals surface area (Å²) in [6.07, 6.45) is 3.61. The highest BCUT2D eigenvalue weighted by atomic mass is 32.1. The van der Waals surface area contributed by atoms with Gasteiger partial charge in [-0.05, 0) is 44.5 Å². The van der Waals surface area contributed by atoms with E-state index in [1.54, 1.807) is 36.7 Å². The Labute approximate surface area is 181 Å². The molecular formula is C22H21FN4O3S. The van der Waals surface area contributed by atoms with Crippen LogP contribution in [-0.4, -0.2) is 26.9 Å². The molecule has 0 bridgehead atoms.